The number of carbonyl (C=O) groups is 5. The molecule has 0 aromatic heterocycles. The molecule has 1 fully saturated rings. The van der Waals surface area contributed by atoms with Crippen LogP contribution in [0.3, 0.4) is 0 Å². The number of carbonyl (C=O) groups excluding carboxylic acids is 4. The number of thiol groups is 1. The van der Waals surface area contributed by atoms with Crippen molar-refractivity contribution in [3.8, 4) is 11.5 Å². The Kier molecular flexibility index (Phi) is 15.4. The van der Waals surface area contributed by atoms with Crippen LogP contribution in [0.2, 0.25) is 15.1 Å². The summed E-state index contributed by atoms with van der Waals surface area (Å²) in [4.78, 5) is 66.3. The van der Waals surface area contributed by atoms with Crippen molar-refractivity contribution in [2.45, 2.75) is 127 Å². The van der Waals surface area contributed by atoms with Crippen molar-refractivity contribution < 1.29 is 64.6 Å². The molecule has 2 aliphatic heterocycles. The second-order valence-electron chi connectivity index (χ2n) is 19.3. The van der Waals surface area contributed by atoms with Crippen molar-refractivity contribution in [1.82, 2.24) is 10.4 Å². The normalized spacial score (nSPS) is 19.5. The maximum atomic E-state index is 13.9. The van der Waals surface area contributed by atoms with Crippen LogP contribution in [0.15, 0.2) is 21.9 Å². The second kappa shape index (κ2) is 19.5. The minimum atomic E-state index is -5.53. The minimum absolute atomic E-state index is 0. The van der Waals surface area contributed by atoms with Gasteiger partial charge in [-0.3, -0.25) is 14.4 Å². The molecule has 3 aromatic rings. The zero-order valence-electron chi connectivity index (χ0n) is 37.6. The average Bonchev–Trinajstić information content (AvgIpc) is 3.51. The molecule has 2 heterocycles. The van der Waals surface area contributed by atoms with Gasteiger partial charge in [0.05, 0.1) is 32.4 Å². The molecular weight excluding hydrogens is 1020 g/mol. The number of unbranched alkanes of at least 4 members (excludes halogenated alkanes) is 1. The maximum absolute atomic E-state index is 13.9. The first-order chi connectivity index (χ1) is 31.5. The summed E-state index contributed by atoms with van der Waals surface area (Å²) in [5.41, 5.74) is -2.23. The average molecular weight is 1070 g/mol. The fourth-order valence-electron chi connectivity index (χ4n) is 10.1. The van der Waals surface area contributed by atoms with Gasteiger partial charge in [0.1, 0.15) is 30.0 Å². The Morgan fingerprint density at radius 1 is 0.913 bits per heavy atom. The van der Waals surface area contributed by atoms with Gasteiger partial charge in [0.2, 0.25) is 0 Å². The van der Waals surface area contributed by atoms with E-state index >= 15 is 0 Å². The number of Topliss-reactive ketones (excluding diaryl/α,β-unsaturated/α-hetero) is 1. The van der Waals surface area contributed by atoms with E-state index < -0.39 is 119 Å². The van der Waals surface area contributed by atoms with E-state index in [4.69, 9.17) is 44.4 Å². The number of hydrogen-bond donors (Lipinski definition) is 3. The van der Waals surface area contributed by atoms with E-state index in [-0.39, 0.29) is 91.2 Å². The molecule has 2 aliphatic carbocycles. The van der Waals surface area contributed by atoms with Crippen molar-refractivity contribution >= 4 is 109 Å². The van der Waals surface area contributed by atoms with Crippen molar-refractivity contribution in [2.75, 3.05) is 13.1 Å². The first-order valence-corrected chi connectivity index (χ1v) is 26.1. The smallest absolute Gasteiger partial charge is 0.337 e. The lowest BCUT2D eigenvalue weighted by Gasteiger charge is -2.39. The van der Waals surface area contributed by atoms with Crippen LogP contribution in [-0.4, -0.2) is 78.7 Å². The zero-order chi connectivity index (χ0) is 50.3. The Bertz CT molecular complexity index is 3100. The van der Waals surface area contributed by atoms with E-state index in [0.717, 1.165) is 0 Å². The van der Waals surface area contributed by atoms with E-state index in [1.807, 2.05) is 41.5 Å². The predicted octanol–water partition coefficient (Wildman–Crippen LogP) is 7.44. The summed E-state index contributed by atoms with van der Waals surface area (Å²) in [6.45, 7) is 10.9. The van der Waals surface area contributed by atoms with Gasteiger partial charge in [-0.2, -0.15) is 12.6 Å². The van der Waals surface area contributed by atoms with Crippen LogP contribution in [-0.2, 0) is 50.7 Å². The number of ketones is 1. The molecule has 0 radical (unpaired) electrons. The third-order valence-electron chi connectivity index (χ3n) is 12.7. The molecule has 0 spiro atoms. The fourth-order valence-corrected chi connectivity index (χ4v) is 13.4. The van der Waals surface area contributed by atoms with Gasteiger partial charge in [0, 0.05) is 46.7 Å². The Balaban J connectivity index is 0.00000782. The molecule has 2 amide bonds. The molecular formula is C47H51Cl3N2O14S3-2. The van der Waals surface area contributed by atoms with Crippen LogP contribution in [0.1, 0.15) is 155 Å². The lowest BCUT2D eigenvalue weighted by atomic mass is 9.69. The number of imide groups is 1. The van der Waals surface area contributed by atoms with Crippen LogP contribution in [0.5, 0.6) is 11.5 Å². The number of benzene rings is 3. The molecule has 22 heteroatoms. The summed E-state index contributed by atoms with van der Waals surface area (Å²) >= 11 is 25.5. The number of aromatic carboxylic acids is 1. The number of fused-ring (bicyclic) bond motifs is 4. The number of halogens is 3. The van der Waals surface area contributed by atoms with Gasteiger partial charge in [0.15, 0.2) is 17.3 Å². The highest BCUT2D eigenvalue weighted by Crippen LogP contribution is 2.54. The van der Waals surface area contributed by atoms with Crippen molar-refractivity contribution in [1.29, 1.82) is 0 Å². The number of ether oxygens (including phenoxy) is 1. The molecule has 3 atom stereocenters. The molecule has 7 rings (SSSR count). The van der Waals surface area contributed by atoms with Gasteiger partial charge in [0.25, 0.3) is 11.8 Å². The summed E-state index contributed by atoms with van der Waals surface area (Å²) in [6, 6.07) is 3.07. The summed E-state index contributed by atoms with van der Waals surface area (Å²) in [6.07, 6.45) is 3.04. The van der Waals surface area contributed by atoms with Gasteiger partial charge in [-0.05, 0) is 95.4 Å². The van der Waals surface area contributed by atoms with E-state index in [2.05, 4.69) is 17.9 Å². The SMILES string of the molecule is C.CC1CC(C)(C)Cc2c1cc1c(c2S(=O)(=O)[O-])Oc2c(S(=O)(=O)[O-])c3c(cc2=C1c1c(Cl)c(C(S)C(=O)CNCCCCC(=O)ON2C(=O)CCC2=O)c(Cl)c(Cl)c1C(=O)O)C(C)CC(C)(C)C=3. The zero-order valence-corrected chi connectivity index (χ0v) is 42.4. The highest BCUT2D eigenvalue weighted by molar-refractivity contribution is 7.86. The van der Waals surface area contributed by atoms with E-state index in [9.17, 15) is 55.0 Å². The minimum Gasteiger partial charge on any atom is -0.744 e. The third-order valence-corrected chi connectivity index (χ3v) is 16.4. The molecule has 374 valence electrons. The Morgan fingerprint density at radius 2 is 1.52 bits per heavy atom. The van der Waals surface area contributed by atoms with Gasteiger partial charge in [-0.15, -0.1) is 5.06 Å². The number of nitrogens with one attached hydrogen (secondary N) is 1. The van der Waals surface area contributed by atoms with Crippen LogP contribution >= 0.6 is 47.4 Å². The van der Waals surface area contributed by atoms with Crippen LogP contribution in [0.4, 0.5) is 0 Å². The molecule has 1 saturated heterocycles. The number of rotatable bonds is 14. The molecule has 16 nitrogen and oxygen atoms in total. The number of hydrogen-bond acceptors (Lipinski definition) is 15. The third kappa shape index (κ3) is 10.4. The first kappa shape index (κ1) is 54.3. The Hall–Kier alpha value is -4.05. The van der Waals surface area contributed by atoms with Crippen molar-refractivity contribution in [2.24, 2.45) is 10.8 Å². The van der Waals surface area contributed by atoms with E-state index in [1.54, 1.807) is 12.1 Å². The Labute approximate surface area is 420 Å². The van der Waals surface area contributed by atoms with Gasteiger partial charge >= 0.3 is 11.9 Å². The molecule has 69 heavy (non-hydrogen) atoms. The van der Waals surface area contributed by atoms with Crippen molar-refractivity contribution in [3.63, 3.8) is 0 Å². The van der Waals surface area contributed by atoms with Crippen molar-refractivity contribution in [3.05, 3.63) is 76.6 Å². The molecule has 3 unspecified atom stereocenters. The molecule has 4 aliphatic rings. The highest BCUT2D eigenvalue weighted by Gasteiger charge is 2.42. The van der Waals surface area contributed by atoms with Gasteiger partial charge < -0.3 is 29.1 Å². The lowest BCUT2D eigenvalue weighted by Crippen LogP contribution is -2.35. The topological polar surface area (TPSA) is 254 Å². The summed E-state index contributed by atoms with van der Waals surface area (Å²) in [5.74, 6) is -6.48. The molecule has 0 bridgehead atoms. The summed E-state index contributed by atoms with van der Waals surface area (Å²) in [5, 5.41) is 11.0. The number of amides is 2. The largest absolute Gasteiger partial charge is 0.744 e. The summed E-state index contributed by atoms with van der Waals surface area (Å²) < 4.78 is 88.0. The van der Waals surface area contributed by atoms with Crippen LogP contribution < -0.4 is 20.5 Å². The standard InChI is InChI=1S/C46H49Cl3N2O14S3.CH4/c1-20-15-45(3,4)17-26-22(20)13-24-32(25-14-23-21(2)16-46(5,6)18-27(23)43(68(61,62)63)40(25)64-39(24)42(26)67(58,59)60)33-34(44(56)57)37(48)38(49)35(36(33)47)41(66)28(52)19-50-12-8-7-9-31(55)65-51-29(53)10-11-30(51)54;/h13-14,17,20-21,41,50,66H,7-12,15-16,18-19H2,1-6H3,(H,56,57)(H,58,59,60)(H,61,62,63);1H4/p-2. The molecule has 2 N–H and O–H groups in total. The Morgan fingerprint density at radius 3 is 2.12 bits per heavy atom. The second-order valence-corrected chi connectivity index (χ2v) is 23.5. The summed E-state index contributed by atoms with van der Waals surface area (Å²) in [7, 11) is -11.0. The van der Waals surface area contributed by atoms with E-state index in [0.29, 0.717) is 35.5 Å². The predicted molar refractivity (Wildman–Crippen MR) is 257 cm³/mol. The number of nitrogens with zero attached hydrogens (tertiary/aromatic N) is 1. The maximum Gasteiger partial charge on any atom is 0.337 e. The highest BCUT2D eigenvalue weighted by atomic mass is 35.5. The molecule has 0 saturated carbocycles. The first-order valence-electron chi connectivity index (χ1n) is 21.6. The van der Waals surface area contributed by atoms with Gasteiger partial charge in [-0.1, -0.05) is 89.8 Å². The van der Waals surface area contributed by atoms with Crippen LogP contribution in [0, 0.1) is 10.8 Å². The number of carboxylic acid groups (broad SMARTS) is 1. The fraction of sp³-hybridized carbons (Fsp3) is 0.468. The number of carboxylic acids is 1. The monoisotopic (exact) mass is 1070 g/mol. The lowest BCUT2D eigenvalue weighted by molar-refractivity contribution is -0.197. The molecule has 3 aromatic carbocycles. The number of hydroxylamine groups is 2. The van der Waals surface area contributed by atoms with E-state index in [1.165, 1.54) is 6.07 Å². The van der Waals surface area contributed by atoms with Crippen LogP contribution in [0.25, 0.3) is 11.6 Å². The quantitative estimate of drug-likeness (QED) is 0.0365. The van der Waals surface area contributed by atoms with Gasteiger partial charge in [-0.25, -0.2) is 26.4 Å².